The van der Waals surface area contributed by atoms with Crippen LogP contribution in [0.3, 0.4) is 0 Å². The van der Waals surface area contributed by atoms with E-state index in [1.54, 1.807) is 13.2 Å². The minimum atomic E-state index is -0.137. The number of aryl methyl sites for hydroxylation is 1. The van der Waals surface area contributed by atoms with Gasteiger partial charge in [0, 0.05) is 29.7 Å². The maximum Gasteiger partial charge on any atom is 0.272 e. The van der Waals surface area contributed by atoms with Crippen molar-refractivity contribution in [2.75, 3.05) is 12.4 Å². The third kappa shape index (κ3) is 2.48. The number of rotatable bonds is 3. The van der Waals surface area contributed by atoms with Crippen molar-refractivity contribution in [3.05, 3.63) is 60.3 Å². The molecular weight excluding hydrogens is 264 g/mol. The Bertz CT molecular complexity index is 805. The van der Waals surface area contributed by atoms with Crippen molar-refractivity contribution in [2.24, 2.45) is 7.05 Å². The minimum absolute atomic E-state index is 0.137. The van der Waals surface area contributed by atoms with Gasteiger partial charge in [0.1, 0.15) is 11.4 Å². The molecule has 1 heterocycles. The molecule has 0 aliphatic rings. The maximum atomic E-state index is 12.4. The third-order valence-electron chi connectivity index (χ3n) is 3.51. The van der Waals surface area contributed by atoms with Gasteiger partial charge in [-0.2, -0.15) is 0 Å². The molecule has 1 aromatic heterocycles. The first kappa shape index (κ1) is 13.2. The Morgan fingerprint density at radius 1 is 1.10 bits per heavy atom. The number of hydrogen-bond donors (Lipinski definition) is 1. The fourth-order valence-electron chi connectivity index (χ4n) is 2.40. The van der Waals surface area contributed by atoms with E-state index in [4.69, 9.17) is 4.74 Å². The van der Waals surface area contributed by atoms with E-state index in [0.29, 0.717) is 17.1 Å². The molecule has 1 N–H and O–H groups in total. The summed E-state index contributed by atoms with van der Waals surface area (Å²) < 4.78 is 7.05. The molecule has 1 amide bonds. The highest BCUT2D eigenvalue weighted by molar-refractivity contribution is 6.06. The van der Waals surface area contributed by atoms with Gasteiger partial charge >= 0.3 is 0 Å². The quantitative estimate of drug-likeness (QED) is 0.798. The summed E-state index contributed by atoms with van der Waals surface area (Å²) in [6.07, 6.45) is 0. The van der Waals surface area contributed by atoms with Crippen LogP contribution in [-0.2, 0) is 7.05 Å². The highest BCUT2D eigenvalue weighted by Gasteiger charge is 2.13. The predicted octanol–water partition coefficient (Wildman–Crippen LogP) is 3.44. The number of nitrogens with one attached hydrogen (secondary N) is 1. The van der Waals surface area contributed by atoms with Crippen LogP contribution in [0.4, 0.5) is 5.69 Å². The van der Waals surface area contributed by atoms with Crippen molar-refractivity contribution in [3.63, 3.8) is 0 Å². The lowest BCUT2D eigenvalue weighted by atomic mass is 10.2. The van der Waals surface area contributed by atoms with Crippen LogP contribution in [-0.4, -0.2) is 17.6 Å². The van der Waals surface area contributed by atoms with Crippen molar-refractivity contribution < 1.29 is 9.53 Å². The molecule has 106 valence electrons. The van der Waals surface area contributed by atoms with Crippen LogP contribution < -0.4 is 10.1 Å². The lowest BCUT2D eigenvalue weighted by Gasteiger charge is -2.08. The van der Waals surface area contributed by atoms with E-state index in [1.165, 1.54) is 0 Å². The second-order valence-electron chi connectivity index (χ2n) is 4.83. The number of fused-ring (bicyclic) bond motifs is 1. The number of methoxy groups -OCH3 is 1. The molecule has 2 aromatic carbocycles. The molecule has 3 rings (SSSR count). The van der Waals surface area contributed by atoms with Crippen LogP contribution in [0, 0.1) is 0 Å². The number of para-hydroxylation sites is 1. The second kappa shape index (κ2) is 5.32. The van der Waals surface area contributed by atoms with Crippen molar-refractivity contribution in [2.45, 2.75) is 0 Å². The van der Waals surface area contributed by atoms with Crippen molar-refractivity contribution in [1.82, 2.24) is 4.57 Å². The van der Waals surface area contributed by atoms with Gasteiger partial charge < -0.3 is 14.6 Å². The average molecular weight is 280 g/mol. The minimum Gasteiger partial charge on any atom is -0.497 e. The molecule has 21 heavy (non-hydrogen) atoms. The van der Waals surface area contributed by atoms with Crippen molar-refractivity contribution in [3.8, 4) is 5.75 Å². The Morgan fingerprint density at radius 3 is 2.67 bits per heavy atom. The van der Waals surface area contributed by atoms with E-state index in [2.05, 4.69) is 5.32 Å². The summed E-state index contributed by atoms with van der Waals surface area (Å²) in [5.74, 6) is 0.576. The summed E-state index contributed by atoms with van der Waals surface area (Å²) in [6, 6.07) is 17.1. The molecule has 4 nitrogen and oxygen atoms in total. The van der Waals surface area contributed by atoms with Gasteiger partial charge in [-0.1, -0.05) is 24.3 Å². The Morgan fingerprint density at radius 2 is 1.90 bits per heavy atom. The zero-order chi connectivity index (χ0) is 14.8. The van der Waals surface area contributed by atoms with E-state index in [9.17, 15) is 4.79 Å². The van der Waals surface area contributed by atoms with Crippen LogP contribution in [0.15, 0.2) is 54.6 Å². The van der Waals surface area contributed by atoms with E-state index < -0.39 is 0 Å². The number of nitrogens with zero attached hydrogens (tertiary/aromatic N) is 1. The van der Waals surface area contributed by atoms with Gasteiger partial charge in [-0.25, -0.2) is 0 Å². The Hall–Kier alpha value is -2.75. The molecule has 0 spiro atoms. The van der Waals surface area contributed by atoms with Crippen molar-refractivity contribution in [1.29, 1.82) is 0 Å². The first-order valence-electron chi connectivity index (χ1n) is 6.69. The Balaban J connectivity index is 1.91. The zero-order valence-electron chi connectivity index (χ0n) is 12.0. The molecule has 0 saturated carbocycles. The summed E-state index contributed by atoms with van der Waals surface area (Å²) in [5.41, 5.74) is 2.37. The molecule has 0 unspecified atom stereocenters. The van der Waals surface area contributed by atoms with Gasteiger partial charge in [0.05, 0.1) is 7.11 Å². The molecule has 0 radical (unpaired) electrons. The topological polar surface area (TPSA) is 43.3 Å². The number of hydrogen-bond acceptors (Lipinski definition) is 2. The SMILES string of the molecule is COc1cccc(NC(=O)c2cc3ccccc3n2C)c1. The third-order valence-corrected chi connectivity index (χ3v) is 3.51. The van der Waals surface area contributed by atoms with E-state index >= 15 is 0 Å². The second-order valence-corrected chi connectivity index (χ2v) is 4.83. The van der Waals surface area contributed by atoms with Gasteiger partial charge in [-0.3, -0.25) is 4.79 Å². The predicted molar refractivity (Wildman–Crippen MR) is 83.9 cm³/mol. The molecule has 3 aromatic rings. The van der Waals surface area contributed by atoms with Crippen LogP contribution in [0.25, 0.3) is 10.9 Å². The normalized spacial score (nSPS) is 10.6. The molecule has 0 aliphatic heterocycles. The molecule has 0 aliphatic carbocycles. The molecular formula is C17H16N2O2. The van der Waals surface area contributed by atoms with E-state index in [0.717, 1.165) is 10.9 Å². The largest absolute Gasteiger partial charge is 0.497 e. The monoisotopic (exact) mass is 280 g/mol. The number of aromatic nitrogens is 1. The first-order valence-corrected chi connectivity index (χ1v) is 6.69. The number of anilines is 1. The molecule has 0 fully saturated rings. The molecule has 0 saturated heterocycles. The van der Waals surface area contributed by atoms with Crippen LogP contribution >= 0.6 is 0 Å². The molecule has 0 atom stereocenters. The fourth-order valence-corrected chi connectivity index (χ4v) is 2.40. The smallest absolute Gasteiger partial charge is 0.272 e. The van der Waals surface area contributed by atoms with Crippen LogP contribution in [0.1, 0.15) is 10.5 Å². The highest BCUT2D eigenvalue weighted by Crippen LogP contribution is 2.21. The summed E-state index contributed by atoms with van der Waals surface area (Å²) >= 11 is 0. The van der Waals surface area contributed by atoms with Crippen LogP contribution in [0.2, 0.25) is 0 Å². The Labute approximate surface area is 123 Å². The van der Waals surface area contributed by atoms with Gasteiger partial charge in [-0.05, 0) is 24.3 Å². The lowest BCUT2D eigenvalue weighted by Crippen LogP contribution is -2.15. The lowest BCUT2D eigenvalue weighted by molar-refractivity contribution is 0.102. The first-order chi connectivity index (χ1) is 10.2. The summed E-state index contributed by atoms with van der Waals surface area (Å²) in [4.78, 5) is 12.4. The van der Waals surface area contributed by atoms with Crippen molar-refractivity contribution >= 4 is 22.5 Å². The van der Waals surface area contributed by atoms with Gasteiger partial charge in [0.2, 0.25) is 0 Å². The fraction of sp³-hybridized carbons (Fsp3) is 0.118. The number of carbonyl (C=O) groups is 1. The van der Waals surface area contributed by atoms with Gasteiger partial charge in [0.15, 0.2) is 0 Å². The number of carbonyl (C=O) groups excluding carboxylic acids is 1. The average Bonchev–Trinajstić information content (AvgIpc) is 2.85. The van der Waals surface area contributed by atoms with E-state index in [1.807, 2.05) is 60.1 Å². The van der Waals surface area contributed by atoms with E-state index in [-0.39, 0.29) is 5.91 Å². The van der Waals surface area contributed by atoms with Gasteiger partial charge in [0.25, 0.3) is 5.91 Å². The molecule has 4 heteroatoms. The van der Waals surface area contributed by atoms with Gasteiger partial charge in [-0.15, -0.1) is 0 Å². The zero-order valence-corrected chi connectivity index (χ0v) is 12.0. The summed E-state index contributed by atoms with van der Waals surface area (Å²) in [6.45, 7) is 0. The summed E-state index contributed by atoms with van der Waals surface area (Å²) in [5, 5.41) is 3.95. The maximum absolute atomic E-state index is 12.4. The highest BCUT2D eigenvalue weighted by atomic mass is 16.5. The molecule has 0 bridgehead atoms. The van der Waals surface area contributed by atoms with Crippen LogP contribution in [0.5, 0.6) is 5.75 Å². The standard InChI is InChI=1S/C17H16N2O2/c1-19-15-9-4-3-6-12(15)10-16(19)17(20)18-13-7-5-8-14(11-13)21-2/h3-11H,1-2H3,(H,18,20). The number of ether oxygens (including phenoxy) is 1. The number of benzene rings is 2. The summed E-state index contributed by atoms with van der Waals surface area (Å²) in [7, 11) is 3.49. The Kier molecular flexibility index (Phi) is 3.36. The number of amides is 1.